The van der Waals surface area contributed by atoms with Gasteiger partial charge >= 0.3 is 0 Å². The number of halogens is 1. The van der Waals surface area contributed by atoms with Gasteiger partial charge in [0.1, 0.15) is 17.6 Å². The SMILES string of the molecule is Cc1ccc([C@H](O)C2CC(n3ccc4c(C)ccnc43)[C@H](O)[C@@H]2O)cc1F. The Labute approximate surface area is 156 Å². The summed E-state index contributed by atoms with van der Waals surface area (Å²) in [6, 6.07) is 8.01. The van der Waals surface area contributed by atoms with Gasteiger partial charge < -0.3 is 19.9 Å². The topological polar surface area (TPSA) is 78.5 Å². The van der Waals surface area contributed by atoms with Crippen molar-refractivity contribution in [3.63, 3.8) is 0 Å². The van der Waals surface area contributed by atoms with Crippen molar-refractivity contribution in [1.82, 2.24) is 9.55 Å². The van der Waals surface area contributed by atoms with Gasteiger partial charge in [-0.25, -0.2) is 9.37 Å². The molecule has 1 aromatic carbocycles. The second kappa shape index (κ2) is 6.71. The van der Waals surface area contributed by atoms with Crippen LogP contribution in [-0.2, 0) is 0 Å². The molecule has 3 aromatic rings. The summed E-state index contributed by atoms with van der Waals surface area (Å²) in [4.78, 5) is 4.41. The number of aliphatic hydroxyl groups excluding tert-OH is 3. The molecule has 0 spiro atoms. The Morgan fingerprint density at radius 2 is 1.89 bits per heavy atom. The molecule has 0 aliphatic heterocycles. The normalized spacial score (nSPS) is 26.6. The maximum Gasteiger partial charge on any atom is 0.140 e. The average Bonchev–Trinajstić information content (AvgIpc) is 3.20. The van der Waals surface area contributed by atoms with Crippen molar-refractivity contribution in [2.45, 2.75) is 44.6 Å². The summed E-state index contributed by atoms with van der Waals surface area (Å²) in [6.45, 7) is 3.65. The Morgan fingerprint density at radius 3 is 2.63 bits per heavy atom. The maximum absolute atomic E-state index is 13.9. The third-order valence-corrected chi connectivity index (χ3v) is 5.83. The first-order valence-electron chi connectivity index (χ1n) is 9.11. The molecule has 2 heterocycles. The van der Waals surface area contributed by atoms with Crippen LogP contribution in [0.1, 0.15) is 35.3 Å². The summed E-state index contributed by atoms with van der Waals surface area (Å²) in [7, 11) is 0. The smallest absolute Gasteiger partial charge is 0.140 e. The molecule has 1 fully saturated rings. The number of aryl methyl sites for hydroxylation is 2. The molecule has 0 amide bonds. The Bertz CT molecular complexity index is 987. The molecule has 142 valence electrons. The Balaban J connectivity index is 1.66. The molecular formula is C21H23FN2O3. The van der Waals surface area contributed by atoms with Gasteiger partial charge in [-0.1, -0.05) is 12.1 Å². The van der Waals surface area contributed by atoms with Crippen LogP contribution in [0, 0.1) is 25.6 Å². The second-order valence-electron chi connectivity index (χ2n) is 7.49. The van der Waals surface area contributed by atoms with E-state index in [0.717, 1.165) is 16.6 Å². The van der Waals surface area contributed by atoms with Crippen molar-refractivity contribution in [3.05, 3.63) is 65.2 Å². The fourth-order valence-corrected chi connectivity index (χ4v) is 4.13. The zero-order valence-electron chi connectivity index (χ0n) is 15.2. The molecule has 1 aliphatic rings. The zero-order chi connectivity index (χ0) is 19.3. The van der Waals surface area contributed by atoms with Crippen LogP contribution in [0.4, 0.5) is 4.39 Å². The van der Waals surface area contributed by atoms with E-state index in [9.17, 15) is 19.7 Å². The first-order chi connectivity index (χ1) is 12.9. The van der Waals surface area contributed by atoms with Crippen LogP contribution in [-0.4, -0.2) is 37.1 Å². The van der Waals surface area contributed by atoms with Gasteiger partial charge in [-0.3, -0.25) is 0 Å². The monoisotopic (exact) mass is 370 g/mol. The minimum Gasteiger partial charge on any atom is -0.390 e. The molecule has 27 heavy (non-hydrogen) atoms. The first-order valence-corrected chi connectivity index (χ1v) is 9.11. The Hall–Kier alpha value is -2.28. The number of hydrogen-bond donors (Lipinski definition) is 3. The van der Waals surface area contributed by atoms with Crippen molar-refractivity contribution in [2.24, 2.45) is 5.92 Å². The number of aromatic nitrogens is 2. The summed E-state index contributed by atoms with van der Waals surface area (Å²) in [5.41, 5.74) is 2.72. The lowest BCUT2D eigenvalue weighted by Gasteiger charge is -2.22. The standard InChI is InChI=1S/C21H23FN2O3/c1-11-5-7-23-21-14(11)6-8-24(21)17-10-15(19(26)20(17)27)18(25)13-4-3-12(2)16(22)9-13/h3-9,15,17-20,25-27H,10H2,1-2H3/t15?,17?,18-,19+,20-/m0/s1. The molecule has 4 rings (SSSR count). The number of rotatable bonds is 3. The van der Waals surface area contributed by atoms with Crippen molar-refractivity contribution >= 4 is 11.0 Å². The highest BCUT2D eigenvalue weighted by molar-refractivity contribution is 5.79. The summed E-state index contributed by atoms with van der Waals surface area (Å²) in [5.74, 6) is -0.999. The van der Waals surface area contributed by atoms with E-state index in [2.05, 4.69) is 4.98 Å². The predicted octanol–water partition coefficient (Wildman–Crippen LogP) is 2.81. The highest BCUT2D eigenvalue weighted by Crippen LogP contribution is 2.43. The third kappa shape index (κ3) is 2.94. The van der Waals surface area contributed by atoms with E-state index in [-0.39, 0.29) is 0 Å². The van der Waals surface area contributed by atoms with Crippen molar-refractivity contribution in [3.8, 4) is 0 Å². The van der Waals surface area contributed by atoms with Crippen LogP contribution < -0.4 is 0 Å². The molecule has 1 saturated carbocycles. The van der Waals surface area contributed by atoms with Gasteiger partial charge in [0.25, 0.3) is 0 Å². The lowest BCUT2D eigenvalue weighted by molar-refractivity contribution is -0.0265. The molecule has 3 N–H and O–H groups in total. The van der Waals surface area contributed by atoms with Gasteiger partial charge in [0, 0.05) is 23.7 Å². The van der Waals surface area contributed by atoms with Gasteiger partial charge in [-0.05, 0) is 55.2 Å². The molecule has 2 aromatic heterocycles. The molecular weight excluding hydrogens is 347 g/mol. The fourth-order valence-electron chi connectivity index (χ4n) is 4.13. The van der Waals surface area contributed by atoms with Gasteiger partial charge in [-0.2, -0.15) is 0 Å². The first kappa shape index (κ1) is 18.1. The Kier molecular flexibility index (Phi) is 4.50. The number of fused-ring (bicyclic) bond motifs is 1. The Morgan fingerprint density at radius 1 is 1.11 bits per heavy atom. The van der Waals surface area contributed by atoms with Crippen LogP contribution in [0.5, 0.6) is 0 Å². The largest absolute Gasteiger partial charge is 0.390 e. The van der Waals surface area contributed by atoms with E-state index in [4.69, 9.17) is 0 Å². The summed E-state index contributed by atoms with van der Waals surface area (Å²) < 4.78 is 15.7. The minimum atomic E-state index is -1.11. The number of benzene rings is 1. The molecule has 5 nitrogen and oxygen atoms in total. The molecule has 1 aliphatic carbocycles. The van der Waals surface area contributed by atoms with Crippen LogP contribution in [0.15, 0.2) is 42.7 Å². The van der Waals surface area contributed by atoms with E-state index in [1.165, 1.54) is 6.07 Å². The van der Waals surface area contributed by atoms with Crippen LogP contribution in [0.3, 0.4) is 0 Å². The van der Waals surface area contributed by atoms with Crippen molar-refractivity contribution in [2.75, 3.05) is 0 Å². The summed E-state index contributed by atoms with van der Waals surface area (Å²) >= 11 is 0. The molecule has 6 heteroatoms. The van der Waals surface area contributed by atoms with Gasteiger partial charge in [-0.15, -0.1) is 0 Å². The summed E-state index contributed by atoms with van der Waals surface area (Å²) in [5, 5.41) is 32.9. The average molecular weight is 370 g/mol. The van der Waals surface area contributed by atoms with Gasteiger partial charge in [0.15, 0.2) is 0 Å². The van der Waals surface area contributed by atoms with Gasteiger partial charge in [0.05, 0.1) is 18.2 Å². The van der Waals surface area contributed by atoms with Crippen molar-refractivity contribution < 1.29 is 19.7 Å². The minimum absolute atomic E-state index is 0.360. The lowest BCUT2D eigenvalue weighted by Crippen LogP contribution is -2.31. The van der Waals surface area contributed by atoms with E-state index in [1.54, 1.807) is 25.3 Å². The highest BCUT2D eigenvalue weighted by atomic mass is 19.1. The zero-order valence-corrected chi connectivity index (χ0v) is 15.2. The highest BCUT2D eigenvalue weighted by Gasteiger charge is 2.46. The maximum atomic E-state index is 13.9. The quantitative estimate of drug-likeness (QED) is 0.662. The van der Waals surface area contributed by atoms with Gasteiger partial charge in [0.2, 0.25) is 0 Å². The third-order valence-electron chi connectivity index (χ3n) is 5.83. The number of pyridine rings is 1. The van der Waals surface area contributed by atoms with E-state index < -0.39 is 36.1 Å². The van der Waals surface area contributed by atoms with E-state index in [0.29, 0.717) is 17.5 Å². The van der Waals surface area contributed by atoms with E-state index in [1.807, 2.05) is 29.8 Å². The predicted molar refractivity (Wildman–Crippen MR) is 99.7 cm³/mol. The van der Waals surface area contributed by atoms with E-state index >= 15 is 0 Å². The molecule has 0 radical (unpaired) electrons. The lowest BCUT2D eigenvalue weighted by atomic mass is 9.92. The number of aliphatic hydroxyl groups is 3. The van der Waals surface area contributed by atoms with Crippen LogP contribution in [0.2, 0.25) is 0 Å². The molecule has 2 unspecified atom stereocenters. The molecule has 5 atom stereocenters. The van der Waals surface area contributed by atoms with Crippen LogP contribution in [0.25, 0.3) is 11.0 Å². The van der Waals surface area contributed by atoms with Crippen molar-refractivity contribution in [1.29, 1.82) is 0 Å². The van der Waals surface area contributed by atoms with Crippen LogP contribution >= 0.6 is 0 Å². The second-order valence-corrected chi connectivity index (χ2v) is 7.49. The molecule has 0 bridgehead atoms. The number of nitrogens with zero attached hydrogens (tertiary/aromatic N) is 2. The number of hydrogen-bond acceptors (Lipinski definition) is 4. The summed E-state index contributed by atoms with van der Waals surface area (Å²) in [6.07, 6.45) is 0.706. The molecule has 0 saturated heterocycles. The fraction of sp³-hybridized carbons (Fsp3) is 0.381.